The van der Waals surface area contributed by atoms with Gasteiger partial charge in [0.05, 0.1) is 26.2 Å². The molecule has 1 heterocycles. The van der Waals surface area contributed by atoms with Crippen LogP contribution in [0.5, 0.6) is 0 Å². The van der Waals surface area contributed by atoms with E-state index in [-0.39, 0.29) is 17.6 Å². The molecule has 1 aliphatic heterocycles. The van der Waals surface area contributed by atoms with Crippen molar-refractivity contribution in [3.8, 4) is 0 Å². The Morgan fingerprint density at radius 3 is 2.40 bits per heavy atom. The molecule has 6 heteroatoms. The van der Waals surface area contributed by atoms with Crippen LogP contribution in [0.3, 0.4) is 0 Å². The lowest BCUT2D eigenvalue weighted by molar-refractivity contribution is -0.914. The van der Waals surface area contributed by atoms with Crippen molar-refractivity contribution in [2.24, 2.45) is 0 Å². The van der Waals surface area contributed by atoms with Gasteiger partial charge in [-0.2, -0.15) is 0 Å². The number of carbonyl (C=O) groups excluding carboxylic acids is 1. The summed E-state index contributed by atoms with van der Waals surface area (Å²) < 4.78 is 26.2. The highest BCUT2D eigenvalue weighted by molar-refractivity contribution is 5.93. The van der Waals surface area contributed by atoms with Gasteiger partial charge in [0, 0.05) is 17.4 Å². The lowest BCUT2D eigenvalue weighted by Crippen LogP contribution is -3.19. The van der Waals surface area contributed by atoms with Gasteiger partial charge in [0.15, 0.2) is 17.7 Å². The highest BCUT2D eigenvalue weighted by Crippen LogP contribution is 2.14. The number of para-hydroxylation sites is 1. The van der Waals surface area contributed by atoms with Gasteiger partial charge in [0.2, 0.25) is 0 Å². The van der Waals surface area contributed by atoms with Crippen LogP contribution in [0.4, 0.5) is 20.2 Å². The second-order valence-electron chi connectivity index (χ2n) is 6.32. The number of amides is 1. The zero-order valence-corrected chi connectivity index (χ0v) is 14.1. The normalized spacial score (nSPS) is 16.5. The van der Waals surface area contributed by atoms with Crippen LogP contribution in [0.25, 0.3) is 0 Å². The minimum absolute atomic E-state index is 0.186. The maximum absolute atomic E-state index is 13.3. The molecule has 0 aromatic heterocycles. The number of nitrogens with zero attached hydrogens (tertiary/aromatic N) is 1. The quantitative estimate of drug-likeness (QED) is 0.884. The molecule has 0 bridgehead atoms. The predicted molar refractivity (Wildman–Crippen MR) is 93.8 cm³/mol. The molecule has 2 aromatic carbocycles. The molecule has 0 unspecified atom stereocenters. The zero-order chi connectivity index (χ0) is 17.8. The van der Waals surface area contributed by atoms with Crippen molar-refractivity contribution < 1.29 is 18.5 Å². The molecule has 0 spiro atoms. The standard InChI is InChI=1S/C19H21F2N3O/c1-14(19(25)22-15-7-8-17(20)18(21)13-15)23-9-11-24(12-10-23)16-5-3-2-4-6-16/h2-8,13-14H,9-12H2,1H3,(H,22,25)/p+1/t14-/m0/s1. The van der Waals surface area contributed by atoms with Gasteiger partial charge in [-0.25, -0.2) is 8.78 Å². The van der Waals surface area contributed by atoms with Crippen molar-refractivity contribution in [2.45, 2.75) is 13.0 Å². The van der Waals surface area contributed by atoms with Crippen LogP contribution < -0.4 is 15.1 Å². The van der Waals surface area contributed by atoms with Gasteiger partial charge in [-0.05, 0) is 31.2 Å². The van der Waals surface area contributed by atoms with Crippen LogP contribution >= 0.6 is 0 Å². The molecule has 3 rings (SSSR count). The Bertz CT molecular complexity index is 731. The molecule has 0 radical (unpaired) electrons. The average Bonchev–Trinajstić information content (AvgIpc) is 2.65. The molecule has 1 amide bonds. The fourth-order valence-corrected chi connectivity index (χ4v) is 3.13. The number of halogens is 2. The van der Waals surface area contributed by atoms with Crippen LogP contribution in [0.15, 0.2) is 48.5 Å². The molecule has 0 saturated carbocycles. The van der Waals surface area contributed by atoms with E-state index in [1.807, 2.05) is 25.1 Å². The Labute approximate surface area is 146 Å². The summed E-state index contributed by atoms with van der Waals surface area (Å²) in [4.78, 5) is 15.9. The van der Waals surface area contributed by atoms with E-state index in [0.29, 0.717) is 0 Å². The van der Waals surface area contributed by atoms with Gasteiger partial charge < -0.3 is 15.1 Å². The molecule has 25 heavy (non-hydrogen) atoms. The Morgan fingerprint density at radius 1 is 1.08 bits per heavy atom. The molecule has 1 saturated heterocycles. The Balaban J connectivity index is 1.55. The summed E-state index contributed by atoms with van der Waals surface area (Å²) in [6, 6.07) is 13.3. The first-order valence-corrected chi connectivity index (χ1v) is 8.45. The topological polar surface area (TPSA) is 36.8 Å². The lowest BCUT2D eigenvalue weighted by atomic mass is 10.2. The van der Waals surface area contributed by atoms with Crippen molar-refractivity contribution in [3.05, 3.63) is 60.2 Å². The third-order valence-electron chi connectivity index (χ3n) is 4.72. The third-order valence-corrected chi connectivity index (χ3v) is 4.72. The summed E-state index contributed by atoms with van der Waals surface area (Å²) in [5.41, 5.74) is 1.47. The van der Waals surface area contributed by atoms with Gasteiger partial charge >= 0.3 is 0 Å². The number of carbonyl (C=O) groups is 1. The number of rotatable bonds is 4. The molecule has 2 aromatic rings. The summed E-state index contributed by atoms with van der Waals surface area (Å²) in [6.07, 6.45) is 0. The molecular weight excluding hydrogens is 324 g/mol. The lowest BCUT2D eigenvalue weighted by Gasteiger charge is -2.36. The van der Waals surface area contributed by atoms with Crippen molar-refractivity contribution >= 4 is 17.3 Å². The smallest absolute Gasteiger partial charge is 0.282 e. The maximum Gasteiger partial charge on any atom is 0.282 e. The molecule has 1 atom stereocenters. The summed E-state index contributed by atoms with van der Waals surface area (Å²) in [5.74, 6) is -2.07. The average molecular weight is 346 g/mol. The first-order chi connectivity index (χ1) is 12.0. The number of nitrogens with one attached hydrogen (secondary N) is 2. The maximum atomic E-state index is 13.3. The van der Waals surface area contributed by atoms with Gasteiger partial charge in [-0.3, -0.25) is 4.79 Å². The zero-order valence-electron chi connectivity index (χ0n) is 14.1. The molecule has 0 aliphatic carbocycles. The monoisotopic (exact) mass is 346 g/mol. The van der Waals surface area contributed by atoms with Crippen molar-refractivity contribution in [1.29, 1.82) is 0 Å². The highest BCUT2D eigenvalue weighted by atomic mass is 19.2. The molecule has 2 N–H and O–H groups in total. The molecular formula is C19H22F2N3O+. The Hall–Kier alpha value is -2.47. The van der Waals surface area contributed by atoms with E-state index in [1.165, 1.54) is 16.7 Å². The minimum atomic E-state index is -0.964. The van der Waals surface area contributed by atoms with Gasteiger partial charge in [0.25, 0.3) is 5.91 Å². The number of hydrogen-bond donors (Lipinski definition) is 2. The van der Waals surface area contributed by atoms with Crippen LogP contribution in [-0.4, -0.2) is 38.1 Å². The number of anilines is 2. The van der Waals surface area contributed by atoms with E-state index in [2.05, 4.69) is 22.3 Å². The van der Waals surface area contributed by atoms with Gasteiger partial charge in [0.1, 0.15) is 0 Å². The first-order valence-electron chi connectivity index (χ1n) is 8.45. The molecule has 1 aliphatic rings. The fraction of sp³-hybridized carbons (Fsp3) is 0.316. The van der Waals surface area contributed by atoms with Gasteiger partial charge in [-0.1, -0.05) is 18.2 Å². The first kappa shape index (κ1) is 17.4. The van der Waals surface area contributed by atoms with Crippen LogP contribution in [0.2, 0.25) is 0 Å². The summed E-state index contributed by atoms with van der Waals surface area (Å²) in [5, 5.41) is 2.67. The van der Waals surface area contributed by atoms with E-state index < -0.39 is 11.6 Å². The third kappa shape index (κ3) is 4.14. The van der Waals surface area contributed by atoms with Crippen molar-refractivity contribution in [3.63, 3.8) is 0 Å². The highest BCUT2D eigenvalue weighted by Gasteiger charge is 2.29. The van der Waals surface area contributed by atoms with Crippen LogP contribution in [0, 0.1) is 11.6 Å². The van der Waals surface area contributed by atoms with E-state index in [0.717, 1.165) is 38.3 Å². The fourth-order valence-electron chi connectivity index (χ4n) is 3.13. The predicted octanol–water partition coefficient (Wildman–Crippen LogP) is 1.70. The molecule has 4 nitrogen and oxygen atoms in total. The Morgan fingerprint density at radius 2 is 1.76 bits per heavy atom. The number of quaternary nitrogens is 1. The van der Waals surface area contributed by atoms with Crippen LogP contribution in [0.1, 0.15) is 6.92 Å². The number of benzene rings is 2. The van der Waals surface area contributed by atoms with Crippen molar-refractivity contribution in [2.75, 3.05) is 36.4 Å². The second-order valence-corrected chi connectivity index (χ2v) is 6.32. The molecule has 132 valence electrons. The van der Waals surface area contributed by atoms with Crippen molar-refractivity contribution in [1.82, 2.24) is 0 Å². The second kappa shape index (κ2) is 7.61. The van der Waals surface area contributed by atoms with E-state index in [1.54, 1.807) is 0 Å². The van der Waals surface area contributed by atoms with E-state index in [9.17, 15) is 13.6 Å². The summed E-state index contributed by atoms with van der Waals surface area (Å²) in [6.45, 7) is 5.32. The largest absolute Gasteiger partial charge is 0.360 e. The van der Waals surface area contributed by atoms with Crippen LogP contribution in [-0.2, 0) is 4.79 Å². The van der Waals surface area contributed by atoms with Gasteiger partial charge in [-0.15, -0.1) is 0 Å². The SMILES string of the molecule is C[C@@H](C(=O)Nc1ccc(F)c(F)c1)[NH+]1CCN(c2ccccc2)CC1. The summed E-state index contributed by atoms with van der Waals surface area (Å²) in [7, 11) is 0. The Kier molecular flexibility index (Phi) is 5.28. The summed E-state index contributed by atoms with van der Waals surface area (Å²) >= 11 is 0. The number of piperazine rings is 1. The molecule has 1 fully saturated rings. The van der Waals surface area contributed by atoms with E-state index in [4.69, 9.17) is 0 Å². The number of hydrogen-bond acceptors (Lipinski definition) is 2. The van der Waals surface area contributed by atoms with E-state index >= 15 is 0 Å². The minimum Gasteiger partial charge on any atom is -0.360 e.